The van der Waals surface area contributed by atoms with Crippen molar-refractivity contribution < 1.29 is 14.3 Å². The highest BCUT2D eigenvalue weighted by molar-refractivity contribution is 7.71. The van der Waals surface area contributed by atoms with E-state index >= 15 is 0 Å². The highest BCUT2D eigenvalue weighted by Crippen LogP contribution is 2.16. The summed E-state index contributed by atoms with van der Waals surface area (Å²) in [6.45, 7) is 3.88. The predicted octanol–water partition coefficient (Wildman–Crippen LogP) is 3.34. The molecule has 2 amide bonds. The molecular formula is C24H22N6O4S. The lowest BCUT2D eigenvalue weighted by molar-refractivity contribution is -0.116. The van der Waals surface area contributed by atoms with E-state index in [0.717, 1.165) is 0 Å². The van der Waals surface area contributed by atoms with E-state index in [-0.39, 0.29) is 29.3 Å². The van der Waals surface area contributed by atoms with E-state index in [0.29, 0.717) is 33.6 Å². The van der Waals surface area contributed by atoms with E-state index in [1.807, 2.05) is 0 Å². The molecule has 4 rings (SSSR count). The van der Waals surface area contributed by atoms with Crippen LogP contribution in [0.5, 0.6) is 5.75 Å². The molecule has 0 radical (unpaired) electrons. The standard InChI is InChI=1S/C24H22N6O4S/c1-3-10-30-23(33)19-9-4-15(11-20(19)28-24(30)35)22(32)27-17-12-25-29(13-17)14-21(31)26-16-5-7-18(34-2)8-6-16/h3-9,11-13H,1,10,14H2,2H3,(H,26,31)(H,27,32)(H,28,35). The minimum Gasteiger partial charge on any atom is -0.497 e. The van der Waals surface area contributed by atoms with Crippen LogP contribution in [0.4, 0.5) is 11.4 Å². The number of fused-ring (bicyclic) bond motifs is 1. The number of nitrogens with one attached hydrogen (secondary N) is 3. The van der Waals surface area contributed by atoms with Crippen LogP contribution in [0.1, 0.15) is 10.4 Å². The number of aromatic nitrogens is 4. The lowest BCUT2D eigenvalue weighted by atomic mass is 10.1. The quantitative estimate of drug-likeness (QED) is 0.257. The van der Waals surface area contributed by atoms with Gasteiger partial charge in [0.25, 0.3) is 11.5 Å². The summed E-state index contributed by atoms with van der Waals surface area (Å²) in [4.78, 5) is 40.6. The summed E-state index contributed by atoms with van der Waals surface area (Å²) in [7, 11) is 1.57. The number of carbonyl (C=O) groups is 2. The van der Waals surface area contributed by atoms with Gasteiger partial charge in [0.15, 0.2) is 4.77 Å². The molecule has 0 atom stereocenters. The summed E-state index contributed by atoms with van der Waals surface area (Å²) in [5, 5.41) is 10.0. The summed E-state index contributed by atoms with van der Waals surface area (Å²) >= 11 is 5.25. The molecule has 4 aromatic rings. The highest BCUT2D eigenvalue weighted by Gasteiger charge is 2.12. The van der Waals surface area contributed by atoms with Crippen molar-refractivity contribution in [2.45, 2.75) is 13.1 Å². The Balaban J connectivity index is 1.43. The van der Waals surface area contributed by atoms with E-state index in [2.05, 4.69) is 27.3 Å². The molecule has 10 nitrogen and oxygen atoms in total. The number of hydrogen-bond acceptors (Lipinski definition) is 6. The zero-order chi connectivity index (χ0) is 24.9. The Morgan fingerprint density at radius 1 is 1.17 bits per heavy atom. The van der Waals surface area contributed by atoms with Crippen LogP contribution in [0.3, 0.4) is 0 Å². The molecule has 0 spiro atoms. The fourth-order valence-electron chi connectivity index (χ4n) is 3.43. The van der Waals surface area contributed by atoms with Crippen LogP contribution in [0.2, 0.25) is 0 Å². The first-order valence-corrected chi connectivity index (χ1v) is 10.9. The van der Waals surface area contributed by atoms with Gasteiger partial charge in [0.2, 0.25) is 5.91 Å². The number of rotatable bonds is 8. The lowest BCUT2D eigenvalue weighted by Crippen LogP contribution is -2.22. The average molecular weight is 491 g/mol. The van der Waals surface area contributed by atoms with Gasteiger partial charge in [0, 0.05) is 24.0 Å². The predicted molar refractivity (Wildman–Crippen MR) is 135 cm³/mol. The van der Waals surface area contributed by atoms with Crippen molar-refractivity contribution in [1.82, 2.24) is 19.3 Å². The zero-order valence-corrected chi connectivity index (χ0v) is 19.6. The summed E-state index contributed by atoms with van der Waals surface area (Å²) < 4.78 is 8.14. The Labute approximate surface area is 204 Å². The van der Waals surface area contributed by atoms with Crippen molar-refractivity contribution >= 4 is 46.3 Å². The molecule has 35 heavy (non-hydrogen) atoms. The number of amides is 2. The van der Waals surface area contributed by atoms with E-state index in [1.54, 1.807) is 61.8 Å². The lowest BCUT2D eigenvalue weighted by Gasteiger charge is -2.08. The molecule has 0 saturated heterocycles. The number of ether oxygens (including phenoxy) is 1. The van der Waals surface area contributed by atoms with Crippen LogP contribution in [-0.4, -0.2) is 38.3 Å². The second kappa shape index (κ2) is 10.2. The molecule has 0 fully saturated rings. The molecule has 0 aliphatic carbocycles. The zero-order valence-electron chi connectivity index (χ0n) is 18.8. The third kappa shape index (κ3) is 5.36. The van der Waals surface area contributed by atoms with Gasteiger partial charge in [-0.2, -0.15) is 5.10 Å². The first-order chi connectivity index (χ1) is 16.9. The molecule has 0 aliphatic heterocycles. The van der Waals surface area contributed by atoms with Crippen LogP contribution >= 0.6 is 12.2 Å². The van der Waals surface area contributed by atoms with Gasteiger partial charge in [-0.3, -0.25) is 23.6 Å². The summed E-state index contributed by atoms with van der Waals surface area (Å²) in [5.41, 5.74) is 1.57. The summed E-state index contributed by atoms with van der Waals surface area (Å²) in [6.07, 6.45) is 4.58. The van der Waals surface area contributed by atoms with Crippen molar-refractivity contribution in [2.24, 2.45) is 0 Å². The first kappa shape index (κ1) is 23.6. The maximum atomic E-state index is 12.7. The number of H-pyrrole nitrogens is 1. The SMILES string of the molecule is C=CCn1c(=S)[nH]c2cc(C(=O)Nc3cnn(CC(=O)Nc4ccc(OC)cc4)c3)ccc2c1=O. The summed E-state index contributed by atoms with van der Waals surface area (Å²) in [6, 6.07) is 11.6. The van der Waals surface area contributed by atoms with Crippen LogP contribution in [-0.2, 0) is 17.9 Å². The number of aromatic amines is 1. The molecule has 0 unspecified atom stereocenters. The van der Waals surface area contributed by atoms with Gasteiger partial charge in [-0.1, -0.05) is 6.08 Å². The van der Waals surface area contributed by atoms with E-state index in [9.17, 15) is 14.4 Å². The van der Waals surface area contributed by atoms with Crippen LogP contribution in [0.15, 0.2) is 72.3 Å². The second-order valence-electron chi connectivity index (χ2n) is 7.55. The largest absolute Gasteiger partial charge is 0.497 e. The molecule has 11 heteroatoms. The molecular weight excluding hydrogens is 468 g/mol. The minimum absolute atomic E-state index is 0.0363. The van der Waals surface area contributed by atoms with Crippen LogP contribution in [0, 0.1) is 4.77 Å². The summed E-state index contributed by atoms with van der Waals surface area (Å²) in [5.74, 6) is 0.0147. The maximum Gasteiger partial charge on any atom is 0.262 e. The molecule has 2 heterocycles. The van der Waals surface area contributed by atoms with E-state index in [1.165, 1.54) is 15.4 Å². The molecule has 178 valence electrons. The van der Waals surface area contributed by atoms with Crippen LogP contribution in [0.25, 0.3) is 10.9 Å². The fraction of sp³-hybridized carbons (Fsp3) is 0.125. The van der Waals surface area contributed by atoms with Gasteiger partial charge in [-0.15, -0.1) is 6.58 Å². The maximum absolute atomic E-state index is 12.7. The topological polar surface area (TPSA) is 123 Å². The van der Waals surface area contributed by atoms with Crippen molar-refractivity contribution in [3.63, 3.8) is 0 Å². The smallest absolute Gasteiger partial charge is 0.262 e. The first-order valence-electron chi connectivity index (χ1n) is 10.5. The van der Waals surface area contributed by atoms with Crippen molar-refractivity contribution in [1.29, 1.82) is 0 Å². The Morgan fingerprint density at radius 3 is 2.66 bits per heavy atom. The molecule has 2 aromatic heterocycles. The van der Waals surface area contributed by atoms with E-state index in [4.69, 9.17) is 17.0 Å². The normalized spacial score (nSPS) is 10.7. The van der Waals surface area contributed by atoms with Crippen molar-refractivity contribution in [3.05, 3.63) is 88.2 Å². The number of methoxy groups -OCH3 is 1. The molecule has 2 aromatic carbocycles. The number of benzene rings is 2. The number of nitrogens with zero attached hydrogens (tertiary/aromatic N) is 3. The van der Waals surface area contributed by atoms with Gasteiger partial charge in [-0.05, 0) is 54.7 Å². The van der Waals surface area contributed by atoms with E-state index < -0.39 is 5.91 Å². The third-order valence-electron chi connectivity index (χ3n) is 5.13. The van der Waals surface area contributed by atoms with Gasteiger partial charge in [0.05, 0.1) is 29.9 Å². The highest BCUT2D eigenvalue weighted by atomic mass is 32.1. The Kier molecular flexibility index (Phi) is 6.88. The van der Waals surface area contributed by atoms with Crippen molar-refractivity contribution in [3.8, 4) is 5.75 Å². The third-order valence-corrected chi connectivity index (χ3v) is 5.45. The van der Waals surface area contributed by atoms with Gasteiger partial charge >= 0.3 is 0 Å². The van der Waals surface area contributed by atoms with Gasteiger partial charge in [-0.25, -0.2) is 0 Å². The fourth-order valence-corrected chi connectivity index (χ4v) is 3.70. The second-order valence-corrected chi connectivity index (χ2v) is 7.94. The molecule has 3 N–H and O–H groups in total. The van der Waals surface area contributed by atoms with Gasteiger partial charge < -0.3 is 20.4 Å². The number of anilines is 2. The number of allylic oxidation sites excluding steroid dienone is 1. The monoisotopic (exact) mass is 490 g/mol. The minimum atomic E-state index is -0.399. The number of carbonyl (C=O) groups excluding carboxylic acids is 2. The number of hydrogen-bond donors (Lipinski definition) is 3. The Hall–Kier alpha value is -4.51. The van der Waals surface area contributed by atoms with Gasteiger partial charge in [0.1, 0.15) is 12.3 Å². The average Bonchev–Trinajstić information content (AvgIpc) is 3.28. The van der Waals surface area contributed by atoms with Crippen LogP contribution < -0.4 is 20.9 Å². The molecule has 0 aliphatic rings. The van der Waals surface area contributed by atoms with Crippen molar-refractivity contribution in [2.75, 3.05) is 17.7 Å². The Bertz CT molecular complexity index is 1530. The molecule has 0 saturated carbocycles. The molecule has 0 bridgehead atoms. The Morgan fingerprint density at radius 2 is 1.94 bits per heavy atom.